The van der Waals surface area contributed by atoms with E-state index in [1.54, 1.807) is 18.2 Å². The molecule has 0 saturated heterocycles. The number of carboxylic acid groups (broad SMARTS) is 1. The molecule has 2 rings (SSSR count). The van der Waals surface area contributed by atoms with Crippen LogP contribution in [0.15, 0.2) is 48.5 Å². The average Bonchev–Trinajstić information content (AvgIpc) is 2.83. The molecule has 34 heavy (non-hydrogen) atoms. The van der Waals surface area contributed by atoms with E-state index in [0.29, 0.717) is 12.4 Å². The van der Waals surface area contributed by atoms with Gasteiger partial charge < -0.3 is 25.2 Å². The Bertz CT molecular complexity index is 917. The van der Waals surface area contributed by atoms with Crippen molar-refractivity contribution in [2.75, 3.05) is 18.5 Å². The second-order valence-corrected chi connectivity index (χ2v) is 7.92. The number of ether oxygens (including phenoxy) is 2. The number of hydrogen-bond acceptors (Lipinski definition) is 5. The van der Waals surface area contributed by atoms with Gasteiger partial charge in [-0.15, -0.1) is 0 Å². The van der Waals surface area contributed by atoms with Crippen molar-refractivity contribution >= 4 is 23.7 Å². The largest absolute Gasteiger partial charge is 0.494 e. The summed E-state index contributed by atoms with van der Waals surface area (Å²) in [6, 6.07) is 14.1. The van der Waals surface area contributed by atoms with Crippen molar-refractivity contribution < 1.29 is 29.0 Å². The highest BCUT2D eigenvalue weighted by molar-refractivity contribution is 6.01. The molecule has 0 spiro atoms. The quantitative estimate of drug-likeness (QED) is 0.238. The van der Waals surface area contributed by atoms with E-state index in [-0.39, 0.29) is 30.8 Å². The zero-order valence-electron chi connectivity index (χ0n) is 19.7. The Morgan fingerprint density at radius 3 is 2.41 bits per heavy atom. The fraction of sp³-hybridized carbons (Fsp3) is 0.423. The van der Waals surface area contributed by atoms with Crippen LogP contribution in [0.4, 0.5) is 10.5 Å². The van der Waals surface area contributed by atoms with E-state index in [1.165, 1.54) is 25.7 Å². The van der Waals surface area contributed by atoms with Crippen molar-refractivity contribution in [3.8, 4) is 5.75 Å². The molecule has 0 aliphatic carbocycles. The normalized spacial score (nSPS) is 10.4. The van der Waals surface area contributed by atoms with Crippen LogP contribution in [-0.2, 0) is 16.1 Å². The van der Waals surface area contributed by atoms with Crippen molar-refractivity contribution in [3.05, 3.63) is 59.7 Å². The van der Waals surface area contributed by atoms with Crippen LogP contribution in [0.25, 0.3) is 0 Å². The van der Waals surface area contributed by atoms with Gasteiger partial charge in [0, 0.05) is 13.0 Å². The highest BCUT2D eigenvalue weighted by Crippen LogP contribution is 2.24. The molecule has 0 atom stereocenters. The molecule has 0 aromatic heterocycles. The van der Waals surface area contributed by atoms with E-state index in [1.807, 2.05) is 30.3 Å². The van der Waals surface area contributed by atoms with Crippen molar-refractivity contribution in [1.29, 1.82) is 0 Å². The van der Waals surface area contributed by atoms with E-state index in [0.717, 1.165) is 18.4 Å². The lowest BCUT2D eigenvalue weighted by molar-refractivity contribution is -0.116. The third-order valence-corrected chi connectivity index (χ3v) is 5.09. The molecule has 0 saturated carbocycles. The van der Waals surface area contributed by atoms with Crippen LogP contribution < -0.4 is 15.4 Å². The predicted octanol–water partition coefficient (Wildman–Crippen LogP) is 5.38. The number of carbonyl (C=O) groups excluding carboxylic acids is 2. The van der Waals surface area contributed by atoms with Crippen molar-refractivity contribution in [2.24, 2.45) is 0 Å². The maximum absolute atomic E-state index is 12.8. The summed E-state index contributed by atoms with van der Waals surface area (Å²) >= 11 is 0. The topological polar surface area (TPSA) is 114 Å². The summed E-state index contributed by atoms with van der Waals surface area (Å²) in [4.78, 5) is 35.6. The van der Waals surface area contributed by atoms with Gasteiger partial charge in [-0.05, 0) is 30.2 Å². The van der Waals surface area contributed by atoms with Gasteiger partial charge in [0.25, 0.3) is 0 Å². The molecule has 2 aromatic carbocycles. The monoisotopic (exact) mass is 470 g/mol. The van der Waals surface area contributed by atoms with Gasteiger partial charge in [-0.2, -0.15) is 0 Å². The van der Waals surface area contributed by atoms with Gasteiger partial charge in [-0.3, -0.25) is 4.79 Å². The molecule has 0 aliphatic rings. The van der Waals surface area contributed by atoms with Gasteiger partial charge in [0.15, 0.2) is 0 Å². The first-order valence-corrected chi connectivity index (χ1v) is 11.7. The first-order chi connectivity index (χ1) is 16.5. The van der Waals surface area contributed by atoms with Crippen LogP contribution in [-0.4, -0.2) is 36.2 Å². The Hall–Kier alpha value is -3.55. The number of nitrogens with one attached hydrogen (secondary N) is 2. The molecule has 0 fully saturated rings. The van der Waals surface area contributed by atoms with E-state index in [4.69, 9.17) is 14.6 Å². The Kier molecular flexibility index (Phi) is 12.0. The number of carbonyl (C=O) groups is 3. The minimum Gasteiger partial charge on any atom is -0.494 e. The highest BCUT2D eigenvalue weighted by Gasteiger charge is 2.17. The zero-order valence-corrected chi connectivity index (χ0v) is 19.7. The van der Waals surface area contributed by atoms with Gasteiger partial charge in [0.2, 0.25) is 5.91 Å². The molecular weight excluding hydrogens is 436 g/mol. The lowest BCUT2D eigenvalue weighted by Crippen LogP contribution is -2.26. The van der Waals surface area contributed by atoms with Crippen LogP contribution >= 0.6 is 0 Å². The summed E-state index contributed by atoms with van der Waals surface area (Å²) in [5.41, 5.74) is 1.30. The van der Waals surface area contributed by atoms with E-state index in [9.17, 15) is 14.4 Å². The Morgan fingerprint density at radius 1 is 0.941 bits per heavy atom. The summed E-state index contributed by atoms with van der Waals surface area (Å²) in [6.45, 7) is 2.79. The lowest BCUT2D eigenvalue weighted by Gasteiger charge is -2.14. The summed E-state index contributed by atoms with van der Waals surface area (Å²) in [7, 11) is 0. The van der Waals surface area contributed by atoms with Crippen LogP contribution in [0.3, 0.4) is 0 Å². The zero-order chi connectivity index (χ0) is 24.6. The predicted molar refractivity (Wildman–Crippen MR) is 130 cm³/mol. The summed E-state index contributed by atoms with van der Waals surface area (Å²) in [5.74, 6) is -0.495. The third kappa shape index (κ3) is 10.4. The van der Waals surface area contributed by atoms with E-state index in [2.05, 4.69) is 17.6 Å². The molecule has 184 valence electrons. The Morgan fingerprint density at radius 2 is 1.68 bits per heavy atom. The van der Waals surface area contributed by atoms with Crippen LogP contribution in [0.1, 0.15) is 67.8 Å². The first kappa shape index (κ1) is 26.7. The lowest BCUT2D eigenvalue weighted by atomic mass is 10.1. The molecule has 0 radical (unpaired) electrons. The maximum Gasteiger partial charge on any atom is 0.404 e. The molecule has 8 heteroatoms. The molecule has 3 N–H and O–H groups in total. The minimum atomic E-state index is -1.20. The molecule has 8 nitrogen and oxygen atoms in total. The van der Waals surface area contributed by atoms with Gasteiger partial charge in [0.05, 0.1) is 17.9 Å². The SMILES string of the molecule is CCCCCCCCOc1ccc(NC(=O)CCNC(=O)O)c(C(=O)OCc2ccccc2)c1. The Labute approximate surface area is 200 Å². The first-order valence-electron chi connectivity index (χ1n) is 11.7. The second-order valence-electron chi connectivity index (χ2n) is 7.92. The number of rotatable bonds is 15. The van der Waals surface area contributed by atoms with Gasteiger partial charge in [0.1, 0.15) is 12.4 Å². The van der Waals surface area contributed by atoms with Crippen LogP contribution in [0.5, 0.6) is 5.75 Å². The summed E-state index contributed by atoms with van der Waals surface area (Å²) in [6.07, 6.45) is 5.59. The molecule has 0 unspecified atom stereocenters. The molecule has 2 amide bonds. The summed E-state index contributed by atoms with van der Waals surface area (Å²) < 4.78 is 11.3. The van der Waals surface area contributed by atoms with Crippen LogP contribution in [0.2, 0.25) is 0 Å². The van der Waals surface area contributed by atoms with Gasteiger partial charge in [-0.1, -0.05) is 69.4 Å². The molecule has 0 bridgehead atoms. The third-order valence-electron chi connectivity index (χ3n) is 5.09. The van der Waals surface area contributed by atoms with Crippen molar-refractivity contribution in [1.82, 2.24) is 5.32 Å². The number of amides is 2. The van der Waals surface area contributed by atoms with Gasteiger partial charge >= 0.3 is 12.1 Å². The number of benzene rings is 2. The fourth-order valence-corrected chi connectivity index (χ4v) is 3.26. The maximum atomic E-state index is 12.8. The van der Waals surface area contributed by atoms with E-state index >= 15 is 0 Å². The fourth-order valence-electron chi connectivity index (χ4n) is 3.26. The number of unbranched alkanes of at least 4 members (excludes halogenated alkanes) is 5. The highest BCUT2D eigenvalue weighted by atomic mass is 16.5. The van der Waals surface area contributed by atoms with Gasteiger partial charge in [-0.25, -0.2) is 9.59 Å². The van der Waals surface area contributed by atoms with Crippen molar-refractivity contribution in [2.45, 2.75) is 58.5 Å². The molecular formula is C26H34N2O6. The van der Waals surface area contributed by atoms with Crippen LogP contribution in [0, 0.1) is 0 Å². The number of esters is 1. The minimum absolute atomic E-state index is 0.0333. The number of hydrogen-bond donors (Lipinski definition) is 3. The summed E-state index contributed by atoms with van der Waals surface area (Å²) in [5, 5.41) is 13.4. The Balaban J connectivity index is 2.01. The standard InChI is InChI=1S/C26H34N2O6/c1-2-3-4-5-6-10-17-33-21-13-14-23(28-24(29)15-16-27-26(31)32)22(18-21)25(30)34-19-20-11-8-7-9-12-20/h7-9,11-14,18,27H,2-6,10,15-17,19H2,1H3,(H,28,29)(H,31,32). The smallest absolute Gasteiger partial charge is 0.404 e. The van der Waals surface area contributed by atoms with Crippen molar-refractivity contribution in [3.63, 3.8) is 0 Å². The molecule has 2 aromatic rings. The molecule has 0 heterocycles. The van der Waals surface area contributed by atoms with E-state index < -0.39 is 18.0 Å². The number of anilines is 1. The molecule has 0 aliphatic heterocycles. The average molecular weight is 471 g/mol. The second kappa shape index (κ2) is 15.3.